The Balaban J connectivity index is 3.75. The van der Waals surface area contributed by atoms with Gasteiger partial charge in [-0.1, -0.05) is 152 Å². The summed E-state index contributed by atoms with van der Waals surface area (Å²) in [6, 6.07) is 0. The summed E-state index contributed by atoms with van der Waals surface area (Å²) < 4.78 is 28.9. The Morgan fingerprint density at radius 1 is 0.452 bits per heavy atom. The quantitative estimate of drug-likeness (QED) is 0.0434. The zero-order valence-corrected chi connectivity index (χ0v) is 29.0. The van der Waals surface area contributed by atoms with E-state index in [1.807, 2.05) is 0 Å². The second-order valence-corrected chi connectivity index (χ2v) is 13.8. The molecule has 42 heavy (non-hydrogen) atoms. The molecule has 0 aliphatic carbocycles. The summed E-state index contributed by atoms with van der Waals surface area (Å²) in [6.07, 6.45) is 50.7. The van der Waals surface area contributed by atoms with Gasteiger partial charge in [-0.15, -0.1) is 0 Å². The highest BCUT2D eigenvalue weighted by Crippen LogP contribution is 2.18. The molecule has 0 aliphatic rings. The van der Waals surface area contributed by atoms with E-state index >= 15 is 0 Å². The summed E-state index contributed by atoms with van der Waals surface area (Å²) in [4.78, 5) is 0. The standard InChI is InChI=1S/C38H70O3S/c1-4-6-8-10-12-14-16-18-20-22-24-26-28-30-32-34-36-38(41-42(3,39)40)37-35-33-31-29-27-25-23-21-19-17-15-13-11-9-7-5-2/h12-15,18-21,38H,4-11,16-17,22-37H2,1-3H3/b14-12-,15-13?,20-18?,21-19?. The van der Waals surface area contributed by atoms with E-state index in [1.54, 1.807) is 0 Å². The third-order valence-electron chi connectivity index (χ3n) is 7.76. The van der Waals surface area contributed by atoms with Crippen molar-refractivity contribution in [2.24, 2.45) is 0 Å². The van der Waals surface area contributed by atoms with Crippen LogP contribution >= 0.6 is 0 Å². The molecule has 0 heterocycles. The highest BCUT2D eigenvalue weighted by atomic mass is 32.2. The fourth-order valence-corrected chi connectivity index (χ4v) is 5.90. The molecule has 0 N–H and O–H groups in total. The molecular weight excluding hydrogens is 536 g/mol. The van der Waals surface area contributed by atoms with Gasteiger partial charge in [0.05, 0.1) is 12.4 Å². The van der Waals surface area contributed by atoms with Crippen LogP contribution in [0.15, 0.2) is 48.6 Å². The van der Waals surface area contributed by atoms with E-state index in [-0.39, 0.29) is 6.10 Å². The van der Waals surface area contributed by atoms with Crippen LogP contribution in [0.2, 0.25) is 0 Å². The zero-order chi connectivity index (χ0) is 30.8. The van der Waals surface area contributed by atoms with Gasteiger partial charge >= 0.3 is 0 Å². The molecule has 0 aromatic carbocycles. The van der Waals surface area contributed by atoms with E-state index < -0.39 is 10.1 Å². The maximum absolute atomic E-state index is 11.7. The van der Waals surface area contributed by atoms with Crippen molar-refractivity contribution < 1.29 is 12.6 Å². The largest absolute Gasteiger partial charge is 0.267 e. The first-order chi connectivity index (χ1) is 20.5. The summed E-state index contributed by atoms with van der Waals surface area (Å²) in [5.74, 6) is 0. The average Bonchev–Trinajstić information content (AvgIpc) is 2.95. The topological polar surface area (TPSA) is 43.4 Å². The fraction of sp³-hybridized carbons (Fsp3) is 0.789. The molecule has 3 nitrogen and oxygen atoms in total. The van der Waals surface area contributed by atoms with Crippen molar-refractivity contribution in [3.8, 4) is 0 Å². The van der Waals surface area contributed by atoms with Crippen molar-refractivity contribution in [1.82, 2.24) is 0 Å². The van der Waals surface area contributed by atoms with E-state index in [9.17, 15) is 8.42 Å². The van der Waals surface area contributed by atoms with Crippen LogP contribution in [-0.4, -0.2) is 20.8 Å². The Kier molecular flexibility index (Phi) is 31.9. The molecule has 246 valence electrons. The minimum Gasteiger partial charge on any atom is -0.267 e. The summed E-state index contributed by atoms with van der Waals surface area (Å²) in [5.41, 5.74) is 0. The summed E-state index contributed by atoms with van der Waals surface area (Å²) in [6.45, 7) is 4.50. The number of rotatable bonds is 32. The lowest BCUT2D eigenvalue weighted by molar-refractivity contribution is 0.182. The normalized spacial score (nSPS) is 13.5. The second kappa shape index (κ2) is 32.8. The predicted molar refractivity (Wildman–Crippen MR) is 188 cm³/mol. The number of hydrogen-bond donors (Lipinski definition) is 0. The molecule has 0 aromatic rings. The molecule has 1 unspecified atom stereocenters. The molecule has 1 atom stereocenters. The van der Waals surface area contributed by atoms with E-state index in [0.717, 1.165) is 38.5 Å². The maximum Gasteiger partial charge on any atom is 0.264 e. The van der Waals surface area contributed by atoms with Crippen LogP contribution in [0.25, 0.3) is 0 Å². The molecule has 0 aliphatic heterocycles. The van der Waals surface area contributed by atoms with Crippen LogP contribution in [-0.2, 0) is 14.3 Å². The summed E-state index contributed by atoms with van der Waals surface area (Å²) >= 11 is 0. The lowest BCUT2D eigenvalue weighted by atomic mass is 10.0. The predicted octanol–water partition coefficient (Wildman–Crippen LogP) is 12.7. The van der Waals surface area contributed by atoms with Gasteiger partial charge < -0.3 is 0 Å². The molecule has 0 rings (SSSR count). The molecule has 0 spiro atoms. The first kappa shape index (κ1) is 40.9. The Morgan fingerprint density at radius 3 is 1.10 bits per heavy atom. The Hall–Kier alpha value is -1.13. The van der Waals surface area contributed by atoms with Gasteiger partial charge in [0, 0.05) is 0 Å². The SMILES string of the molecule is CCCCCC=CCC=CCCCCCCCCC(CCCCCCCCC=CC/C=C\CCCCC)OS(C)(=O)=O. The molecule has 0 saturated heterocycles. The first-order valence-electron chi connectivity index (χ1n) is 18.0. The van der Waals surface area contributed by atoms with Gasteiger partial charge in [-0.2, -0.15) is 8.42 Å². The Bertz CT molecular complexity index is 715. The van der Waals surface area contributed by atoms with Gasteiger partial charge in [0.25, 0.3) is 10.1 Å². The van der Waals surface area contributed by atoms with Gasteiger partial charge in [-0.05, 0) is 77.0 Å². The molecule has 0 bridgehead atoms. The molecule has 0 amide bonds. The van der Waals surface area contributed by atoms with Crippen LogP contribution in [0.3, 0.4) is 0 Å². The van der Waals surface area contributed by atoms with Crippen molar-refractivity contribution in [2.75, 3.05) is 6.26 Å². The lowest BCUT2D eigenvalue weighted by Crippen LogP contribution is -2.17. The molecule has 0 saturated carbocycles. The third kappa shape index (κ3) is 35.1. The molecule has 0 fully saturated rings. The van der Waals surface area contributed by atoms with Crippen LogP contribution in [0.4, 0.5) is 0 Å². The Morgan fingerprint density at radius 2 is 0.762 bits per heavy atom. The third-order valence-corrected chi connectivity index (χ3v) is 8.39. The number of allylic oxidation sites excluding steroid dienone is 8. The van der Waals surface area contributed by atoms with Crippen molar-refractivity contribution in [3.05, 3.63) is 48.6 Å². The van der Waals surface area contributed by atoms with Crippen molar-refractivity contribution in [1.29, 1.82) is 0 Å². The van der Waals surface area contributed by atoms with Gasteiger partial charge in [0.2, 0.25) is 0 Å². The van der Waals surface area contributed by atoms with Crippen LogP contribution in [0.5, 0.6) is 0 Å². The van der Waals surface area contributed by atoms with Crippen LogP contribution in [0.1, 0.15) is 181 Å². The maximum atomic E-state index is 11.7. The van der Waals surface area contributed by atoms with Gasteiger partial charge in [0.15, 0.2) is 0 Å². The zero-order valence-electron chi connectivity index (χ0n) is 28.2. The van der Waals surface area contributed by atoms with Crippen molar-refractivity contribution in [2.45, 2.75) is 187 Å². The highest BCUT2D eigenvalue weighted by molar-refractivity contribution is 7.86. The van der Waals surface area contributed by atoms with Gasteiger partial charge in [-0.3, -0.25) is 4.18 Å². The number of hydrogen-bond acceptors (Lipinski definition) is 3. The second-order valence-electron chi connectivity index (χ2n) is 12.2. The lowest BCUT2D eigenvalue weighted by Gasteiger charge is -2.16. The van der Waals surface area contributed by atoms with E-state index in [1.165, 1.54) is 135 Å². The van der Waals surface area contributed by atoms with E-state index in [4.69, 9.17) is 4.18 Å². The van der Waals surface area contributed by atoms with Gasteiger partial charge in [-0.25, -0.2) is 0 Å². The van der Waals surface area contributed by atoms with Gasteiger partial charge in [0.1, 0.15) is 0 Å². The minimum absolute atomic E-state index is 0.142. The smallest absolute Gasteiger partial charge is 0.264 e. The minimum atomic E-state index is -3.39. The summed E-state index contributed by atoms with van der Waals surface area (Å²) in [7, 11) is -3.39. The fourth-order valence-electron chi connectivity index (χ4n) is 5.21. The molecule has 0 aromatic heterocycles. The molecule has 4 heteroatoms. The van der Waals surface area contributed by atoms with Crippen molar-refractivity contribution in [3.63, 3.8) is 0 Å². The highest BCUT2D eigenvalue weighted by Gasteiger charge is 2.15. The Labute approximate surface area is 263 Å². The van der Waals surface area contributed by atoms with Crippen LogP contribution < -0.4 is 0 Å². The van der Waals surface area contributed by atoms with Crippen LogP contribution in [0, 0.1) is 0 Å². The molecular formula is C38H70O3S. The average molecular weight is 607 g/mol. The summed E-state index contributed by atoms with van der Waals surface area (Å²) in [5, 5.41) is 0. The molecule has 0 radical (unpaired) electrons. The van der Waals surface area contributed by atoms with E-state index in [2.05, 4.69) is 62.5 Å². The number of unbranched alkanes of at least 4 members (excludes halogenated alkanes) is 18. The van der Waals surface area contributed by atoms with Crippen molar-refractivity contribution >= 4 is 10.1 Å². The first-order valence-corrected chi connectivity index (χ1v) is 19.8. The van der Waals surface area contributed by atoms with E-state index in [0.29, 0.717) is 0 Å². The monoisotopic (exact) mass is 607 g/mol.